The van der Waals surface area contributed by atoms with Crippen molar-refractivity contribution in [1.29, 1.82) is 0 Å². The molecule has 1 heterocycles. The molecule has 2 N–H and O–H groups in total. The number of ether oxygens (including phenoxy) is 1. The van der Waals surface area contributed by atoms with Crippen LogP contribution in [-0.4, -0.2) is 25.3 Å². The van der Waals surface area contributed by atoms with E-state index in [0.717, 1.165) is 10.7 Å². The minimum atomic E-state index is -4.68. The molecule has 0 amide bonds. The van der Waals surface area contributed by atoms with Crippen molar-refractivity contribution in [3.63, 3.8) is 0 Å². The first-order chi connectivity index (χ1) is 13.5. The van der Waals surface area contributed by atoms with Gasteiger partial charge in [-0.05, 0) is 48.5 Å². The number of primary sulfonamides is 1. The molecule has 6 nitrogen and oxygen atoms in total. The summed E-state index contributed by atoms with van der Waals surface area (Å²) in [6.07, 6.45) is 0.774. The van der Waals surface area contributed by atoms with Gasteiger partial charge in [-0.2, -0.15) is 18.3 Å². The minimum absolute atomic E-state index is 0.111. The number of methoxy groups -OCH3 is 1. The summed E-state index contributed by atoms with van der Waals surface area (Å²) in [6, 6.07) is 10.5. The van der Waals surface area contributed by atoms with Gasteiger partial charge >= 0.3 is 6.18 Å². The highest BCUT2D eigenvalue weighted by atomic mass is 32.2. The first-order valence-corrected chi connectivity index (χ1v) is 9.55. The van der Waals surface area contributed by atoms with Gasteiger partial charge in [-0.15, -0.1) is 6.42 Å². The molecule has 0 unspecified atom stereocenters. The average Bonchev–Trinajstić information content (AvgIpc) is 3.12. The van der Waals surface area contributed by atoms with Crippen LogP contribution < -0.4 is 9.88 Å². The van der Waals surface area contributed by atoms with E-state index in [1.54, 1.807) is 12.1 Å². The second-order valence-electron chi connectivity index (χ2n) is 5.92. The zero-order valence-corrected chi connectivity index (χ0v) is 15.8. The Labute approximate surface area is 164 Å². The molecule has 1 aromatic heterocycles. The average molecular weight is 421 g/mol. The first kappa shape index (κ1) is 20.4. The van der Waals surface area contributed by atoms with Gasteiger partial charge in [0.1, 0.15) is 5.75 Å². The van der Waals surface area contributed by atoms with Gasteiger partial charge in [0.2, 0.25) is 10.0 Å². The molecule has 0 radical (unpaired) electrons. The van der Waals surface area contributed by atoms with Crippen molar-refractivity contribution >= 4 is 10.0 Å². The van der Waals surface area contributed by atoms with Crippen LogP contribution >= 0.6 is 0 Å². The summed E-state index contributed by atoms with van der Waals surface area (Å²) in [6.45, 7) is 0. The van der Waals surface area contributed by atoms with E-state index < -0.39 is 21.9 Å². The molecule has 3 rings (SSSR count). The molecule has 0 bridgehead atoms. The quantitative estimate of drug-likeness (QED) is 0.656. The molecule has 0 atom stereocenters. The summed E-state index contributed by atoms with van der Waals surface area (Å²) in [5, 5.41) is 8.70. The van der Waals surface area contributed by atoms with Crippen LogP contribution in [0.15, 0.2) is 53.4 Å². The smallest absolute Gasteiger partial charge is 0.435 e. The highest BCUT2D eigenvalue weighted by Gasteiger charge is 2.35. The van der Waals surface area contributed by atoms with Crippen LogP contribution in [0.5, 0.6) is 5.75 Å². The fourth-order valence-corrected chi connectivity index (χ4v) is 3.19. The number of hydrogen-bond donors (Lipinski definition) is 1. The SMILES string of the molecule is C#Cc1cc(-c2cc(C(F)(F)F)nn2-c2ccc(S(N)(=O)=O)cc2)ccc1OC. The lowest BCUT2D eigenvalue weighted by molar-refractivity contribution is -0.141. The predicted molar refractivity (Wildman–Crippen MR) is 99.9 cm³/mol. The third-order valence-corrected chi connectivity index (χ3v) is 4.99. The normalized spacial score (nSPS) is 11.9. The Morgan fingerprint density at radius 3 is 2.31 bits per heavy atom. The summed E-state index contributed by atoms with van der Waals surface area (Å²) < 4.78 is 68.8. The summed E-state index contributed by atoms with van der Waals surface area (Å²) in [4.78, 5) is -0.176. The van der Waals surface area contributed by atoms with Gasteiger partial charge in [-0.3, -0.25) is 0 Å². The number of nitrogens with zero attached hydrogens (tertiary/aromatic N) is 2. The lowest BCUT2D eigenvalue weighted by Crippen LogP contribution is -2.12. The molecular formula is C19H14F3N3O3S. The van der Waals surface area contributed by atoms with Crippen LogP contribution in [0.1, 0.15) is 11.3 Å². The number of aromatic nitrogens is 2. The maximum Gasteiger partial charge on any atom is 0.435 e. The monoisotopic (exact) mass is 421 g/mol. The molecule has 0 saturated carbocycles. The van der Waals surface area contributed by atoms with Crippen molar-refractivity contribution in [1.82, 2.24) is 9.78 Å². The molecule has 0 aliphatic heterocycles. The van der Waals surface area contributed by atoms with Crippen LogP contribution in [0.4, 0.5) is 13.2 Å². The van der Waals surface area contributed by atoms with Crippen LogP contribution in [0.3, 0.4) is 0 Å². The Morgan fingerprint density at radius 1 is 1.14 bits per heavy atom. The molecule has 0 aliphatic carbocycles. The van der Waals surface area contributed by atoms with Gasteiger partial charge in [0.05, 0.1) is 29.0 Å². The van der Waals surface area contributed by atoms with E-state index in [1.165, 1.54) is 37.4 Å². The Balaban J connectivity index is 2.20. The van der Waals surface area contributed by atoms with E-state index in [4.69, 9.17) is 16.3 Å². The minimum Gasteiger partial charge on any atom is -0.495 e. The molecule has 0 fully saturated rings. The van der Waals surface area contributed by atoms with Crippen molar-refractivity contribution in [3.8, 4) is 35.0 Å². The van der Waals surface area contributed by atoms with Crippen LogP contribution in [-0.2, 0) is 16.2 Å². The van der Waals surface area contributed by atoms with Crippen LogP contribution in [0, 0.1) is 12.3 Å². The van der Waals surface area contributed by atoms with E-state index in [-0.39, 0.29) is 16.3 Å². The number of halogens is 3. The second-order valence-corrected chi connectivity index (χ2v) is 7.48. The molecular weight excluding hydrogens is 407 g/mol. The third-order valence-electron chi connectivity index (χ3n) is 4.06. The van der Waals surface area contributed by atoms with E-state index in [1.807, 2.05) is 0 Å². The number of rotatable bonds is 4. The molecule has 0 aliphatic rings. The maximum absolute atomic E-state index is 13.3. The molecule has 2 aromatic carbocycles. The Kier molecular flexibility index (Phi) is 5.13. The topological polar surface area (TPSA) is 87.2 Å². The maximum atomic E-state index is 13.3. The number of benzene rings is 2. The lowest BCUT2D eigenvalue weighted by atomic mass is 10.1. The Hall–Kier alpha value is -3.29. The molecule has 150 valence electrons. The van der Waals surface area contributed by atoms with Gasteiger partial charge in [0.15, 0.2) is 5.69 Å². The fraction of sp³-hybridized carbons (Fsp3) is 0.105. The zero-order valence-electron chi connectivity index (χ0n) is 14.9. The summed E-state index contributed by atoms with van der Waals surface area (Å²) in [7, 11) is -2.52. The van der Waals surface area contributed by atoms with Crippen molar-refractivity contribution in [3.05, 3.63) is 59.8 Å². The largest absolute Gasteiger partial charge is 0.495 e. The third kappa shape index (κ3) is 4.11. The van der Waals surface area contributed by atoms with Gasteiger partial charge in [-0.1, -0.05) is 5.92 Å². The Morgan fingerprint density at radius 2 is 1.79 bits per heavy atom. The van der Waals surface area contributed by atoms with Crippen molar-refractivity contribution in [2.45, 2.75) is 11.1 Å². The molecule has 0 saturated heterocycles. The molecule has 3 aromatic rings. The number of nitrogens with two attached hydrogens (primary N) is 1. The zero-order chi connectivity index (χ0) is 21.4. The molecule has 10 heteroatoms. The number of alkyl halides is 3. The van der Waals surface area contributed by atoms with Crippen molar-refractivity contribution in [2.75, 3.05) is 7.11 Å². The standard InChI is InChI=1S/C19H14F3N3O3S/c1-3-12-10-13(4-9-17(12)28-2)16-11-18(19(20,21)22)24-25(16)14-5-7-15(8-6-14)29(23,26)27/h1,4-11H,2H3,(H2,23,26,27). The molecule has 0 spiro atoms. The highest BCUT2D eigenvalue weighted by Crippen LogP contribution is 2.34. The van der Waals surface area contributed by atoms with Crippen LogP contribution in [0.2, 0.25) is 0 Å². The van der Waals surface area contributed by atoms with Crippen molar-refractivity contribution in [2.24, 2.45) is 5.14 Å². The number of terminal acetylenes is 1. The molecule has 29 heavy (non-hydrogen) atoms. The van der Waals surface area contributed by atoms with E-state index >= 15 is 0 Å². The second kappa shape index (κ2) is 7.27. The highest BCUT2D eigenvalue weighted by molar-refractivity contribution is 7.89. The summed E-state index contributed by atoms with van der Waals surface area (Å²) >= 11 is 0. The predicted octanol–water partition coefficient (Wildman–Crippen LogP) is 3.20. The Bertz CT molecular complexity index is 1210. The fourth-order valence-electron chi connectivity index (χ4n) is 2.68. The van der Waals surface area contributed by atoms with Gasteiger partial charge in [-0.25, -0.2) is 18.2 Å². The number of hydrogen-bond acceptors (Lipinski definition) is 4. The van der Waals surface area contributed by atoms with E-state index in [0.29, 0.717) is 16.9 Å². The van der Waals surface area contributed by atoms with E-state index in [2.05, 4.69) is 11.0 Å². The lowest BCUT2D eigenvalue weighted by Gasteiger charge is -2.10. The van der Waals surface area contributed by atoms with Crippen LogP contribution in [0.25, 0.3) is 16.9 Å². The van der Waals surface area contributed by atoms with E-state index in [9.17, 15) is 21.6 Å². The van der Waals surface area contributed by atoms with Gasteiger partial charge in [0, 0.05) is 5.56 Å². The van der Waals surface area contributed by atoms with Gasteiger partial charge in [0.25, 0.3) is 0 Å². The summed E-state index contributed by atoms with van der Waals surface area (Å²) in [5.74, 6) is 2.82. The van der Waals surface area contributed by atoms with Crippen molar-refractivity contribution < 1.29 is 26.3 Å². The number of sulfonamides is 1. The first-order valence-electron chi connectivity index (χ1n) is 8.00. The van der Waals surface area contributed by atoms with Gasteiger partial charge < -0.3 is 4.74 Å². The summed E-state index contributed by atoms with van der Waals surface area (Å²) in [5.41, 5.74) is -0.0601.